The number of nitrogen functional groups attached to an aromatic ring is 1. The molecule has 3 N–H and O–H groups in total. The number of benzene rings is 2. The molecule has 4 nitrogen and oxygen atoms in total. The molecule has 0 atom stereocenters. The van der Waals surface area contributed by atoms with Gasteiger partial charge < -0.3 is 15.4 Å². The van der Waals surface area contributed by atoms with E-state index in [4.69, 9.17) is 12.3 Å². The van der Waals surface area contributed by atoms with Gasteiger partial charge in [-0.1, -0.05) is 18.2 Å². The van der Waals surface area contributed by atoms with Crippen LogP contribution in [-0.2, 0) is 6.54 Å². The Morgan fingerprint density at radius 2 is 2.05 bits per heavy atom. The van der Waals surface area contributed by atoms with Crippen molar-refractivity contribution in [1.82, 2.24) is 4.57 Å². The number of hydrogen-bond donors (Lipinski definition) is 2. The predicted octanol–water partition coefficient (Wildman–Crippen LogP) is 3.43. The maximum Gasteiger partial charge on any atom is 0.188 e. The van der Waals surface area contributed by atoms with Gasteiger partial charge in [0, 0.05) is 29.5 Å². The van der Waals surface area contributed by atoms with Gasteiger partial charge in [-0.05, 0) is 35.2 Å². The highest BCUT2D eigenvalue weighted by Crippen LogP contribution is 2.33. The quantitative estimate of drug-likeness (QED) is 0.569. The van der Waals surface area contributed by atoms with Crippen LogP contribution in [0.2, 0.25) is 0 Å². The van der Waals surface area contributed by atoms with Crippen LogP contribution in [0, 0.1) is 6.57 Å². The molecule has 0 unspecified atom stereocenters. The molecule has 0 saturated heterocycles. The van der Waals surface area contributed by atoms with E-state index < -0.39 is 0 Å². The molecule has 0 bridgehead atoms. The van der Waals surface area contributed by atoms with E-state index in [9.17, 15) is 5.11 Å². The Bertz CT molecular complexity index is 843. The van der Waals surface area contributed by atoms with Crippen molar-refractivity contribution in [3.8, 4) is 11.1 Å². The topological polar surface area (TPSA) is 55.5 Å². The molecule has 0 aliphatic heterocycles. The number of nitrogens with zero attached hydrogens (tertiary/aromatic N) is 2. The lowest BCUT2D eigenvalue weighted by molar-refractivity contribution is 0.278. The molecule has 0 amide bonds. The molecule has 3 rings (SSSR count). The lowest BCUT2D eigenvalue weighted by Gasteiger charge is -2.01. The van der Waals surface area contributed by atoms with Crippen molar-refractivity contribution in [3.63, 3.8) is 0 Å². The second kappa shape index (κ2) is 5.31. The van der Waals surface area contributed by atoms with Crippen molar-refractivity contribution in [3.05, 3.63) is 60.1 Å². The van der Waals surface area contributed by atoms with Gasteiger partial charge in [-0.2, -0.15) is 0 Å². The van der Waals surface area contributed by atoms with E-state index in [0.717, 1.165) is 22.0 Å². The molecule has 0 aliphatic carbocycles. The van der Waals surface area contributed by atoms with Crippen LogP contribution in [0.5, 0.6) is 0 Å². The largest absolute Gasteiger partial charge is 0.399 e. The van der Waals surface area contributed by atoms with Gasteiger partial charge in [-0.15, -0.1) is 0 Å². The fourth-order valence-corrected chi connectivity index (χ4v) is 2.58. The van der Waals surface area contributed by atoms with Crippen LogP contribution in [0.3, 0.4) is 0 Å². The van der Waals surface area contributed by atoms with Gasteiger partial charge in [0.1, 0.15) is 0 Å². The second-order valence-electron chi connectivity index (χ2n) is 4.90. The number of aromatic nitrogens is 1. The number of hydrogen-bond acceptors (Lipinski definition) is 2. The van der Waals surface area contributed by atoms with Crippen LogP contribution in [0.4, 0.5) is 11.4 Å². The van der Waals surface area contributed by atoms with E-state index in [1.165, 1.54) is 0 Å². The Hall–Kier alpha value is -2.77. The summed E-state index contributed by atoms with van der Waals surface area (Å²) in [6.07, 6.45) is 2.00. The molecule has 104 valence electrons. The third kappa shape index (κ3) is 2.35. The van der Waals surface area contributed by atoms with Crippen molar-refractivity contribution < 1.29 is 5.11 Å². The monoisotopic (exact) mass is 277 g/mol. The molecular weight excluding hydrogens is 262 g/mol. The van der Waals surface area contributed by atoms with Crippen LogP contribution < -0.4 is 5.73 Å². The molecule has 0 spiro atoms. The van der Waals surface area contributed by atoms with Gasteiger partial charge in [-0.3, -0.25) is 0 Å². The van der Waals surface area contributed by atoms with E-state index in [0.29, 0.717) is 17.9 Å². The van der Waals surface area contributed by atoms with Crippen molar-refractivity contribution >= 4 is 22.3 Å². The third-order valence-electron chi connectivity index (χ3n) is 3.53. The Morgan fingerprint density at radius 3 is 2.76 bits per heavy atom. The lowest BCUT2D eigenvalue weighted by Crippen LogP contribution is -1.99. The first kappa shape index (κ1) is 13.2. The first-order valence-electron chi connectivity index (χ1n) is 6.70. The molecule has 21 heavy (non-hydrogen) atoms. The van der Waals surface area contributed by atoms with Crippen LogP contribution in [0.1, 0.15) is 0 Å². The molecular formula is C17H15N3O. The molecule has 0 fully saturated rings. The maximum absolute atomic E-state index is 9.21. The summed E-state index contributed by atoms with van der Waals surface area (Å²) in [7, 11) is 0. The zero-order valence-electron chi connectivity index (χ0n) is 11.5. The SMILES string of the molecule is [C-]#[N+]c1ccc2c(c1)c(-c1cccc(N)c1)cn2CCO. The number of aliphatic hydroxyl groups excluding tert-OH is 1. The van der Waals surface area contributed by atoms with Crippen LogP contribution in [-0.4, -0.2) is 16.3 Å². The van der Waals surface area contributed by atoms with Crippen LogP contribution in [0.25, 0.3) is 26.9 Å². The average molecular weight is 277 g/mol. The predicted molar refractivity (Wildman–Crippen MR) is 85.1 cm³/mol. The van der Waals surface area contributed by atoms with Crippen molar-refractivity contribution in [1.29, 1.82) is 0 Å². The Morgan fingerprint density at radius 1 is 1.19 bits per heavy atom. The summed E-state index contributed by atoms with van der Waals surface area (Å²) in [4.78, 5) is 3.49. The van der Waals surface area contributed by atoms with Crippen LogP contribution >= 0.6 is 0 Å². The highest BCUT2D eigenvalue weighted by molar-refractivity contribution is 5.98. The normalized spacial score (nSPS) is 10.7. The minimum Gasteiger partial charge on any atom is -0.399 e. The van der Waals surface area contributed by atoms with Gasteiger partial charge in [-0.25, -0.2) is 4.85 Å². The minimum absolute atomic E-state index is 0.0741. The standard InChI is InChI=1S/C17H15N3O/c1-19-14-5-6-17-15(10-14)16(11-20(17)7-8-21)12-3-2-4-13(18)9-12/h2-6,9-11,21H,7-8,18H2. The fraction of sp³-hybridized carbons (Fsp3) is 0.118. The summed E-state index contributed by atoms with van der Waals surface area (Å²) in [5.41, 5.74) is 10.2. The Balaban J connectivity index is 2.28. The van der Waals surface area contributed by atoms with Crippen molar-refractivity contribution in [2.24, 2.45) is 0 Å². The highest BCUT2D eigenvalue weighted by atomic mass is 16.3. The summed E-state index contributed by atoms with van der Waals surface area (Å²) < 4.78 is 2.00. The minimum atomic E-state index is 0.0741. The molecule has 1 heterocycles. The molecule has 2 aromatic carbocycles. The highest BCUT2D eigenvalue weighted by Gasteiger charge is 2.11. The van der Waals surface area contributed by atoms with E-state index in [1.807, 2.05) is 47.2 Å². The van der Waals surface area contributed by atoms with E-state index >= 15 is 0 Å². The number of fused-ring (bicyclic) bond motifs is 1. The molecule has 1 aromatic heterocycles. The summed E-state index contributed by atoms with van der Waals surface area (Å²) in [6.45, 7) is 7.77. The fourth-order valence-electron chi connectivity index (χ4n) is 2.58. The van der Waals surface area contributed by atoms with Gasteiger partial charge in [0.25, 0.3) is 0 Å². The first-order chi connectivity index (χ1) is 10.2. The van der Waals surface area contributed by atoms with E-state index in [2.05, 4.69) is 4.85 Å². The summed E-state index contributed by atoms with van der Waals surface area (Å²) in [5, 5.41) is 10.2. The maximum atomic E-state index is 9.21. The number of nitrogens with two attached hydrogens (primary N) is 1. The third-order valence-corrected chi connectivity index (χ3v) is 3.53. The zero-order valence-corrected chi connectivity index (χ0v) is 11.5. The lowest BCUT2D eigenvalue weighted by atomic mass is 10.0. The van der Waals surface area contributed by atoms with Crippen molar-refractivity contribution in [2.45, 2.75) is 6.54 Å². The number of aliphatic hydroxyl groups is 1. The number of rotatable bonds is 3. The Kier molecular flexibility index (Phi) is 3.35. The second-order valence-corrected chi connectivity index (χ2v) is 4.90. The molecule has 4 heteroatoms. The molecule has 0 saturated carbocycles. The van der Waals surface area contributed by atoms with Gasteiger partial charge >= 0.3 is 0 Å². The smallest absolute Gasteiger partial charge is 0.188 e. The van der Waals surface area contributed by atoms with E-state index in [1.54, 1.807) is 6.07 Å². The summed E-state index contributed by atoms with van der Waals surface area (Å²) in [5.74, 6) is 0. The first-order valence-corrected chi connectivity index (χ1v) is 6.70. The summed E-state index contributed by atoms with van der Waals surface area (Å²) >= 11 is 0. The molecule has 0 radical (unpaired) electrons. The van der Waals surface area contributed by atoms with E-state index in [-0.39, 0.29) is 6.61 Å². The Labute approximate surface area is 122 Å². The average Bonchev–Trinajstić information content (AvgIpc) is 2.86. The molecule has 0 aliphatic rings. The number of anilines is 1. The van der Waals surface area contributed by atoms with Gasteiger partial charge in [0.15, 0.2) is 5.69 Å². The van der Waals surface area contributed by atoms with Gasteiger partial charge in [0.2, 0.25) is 0 Å². The van der Waals surface area contributed by atoms with Crippen molar-refractivity contribution in [2.75, 3.05) is 12.3 Å². The summed E-state index contributed by atoms with van der Waals surface area (Å²) in [6, 6.07) is 13.3. The molecule has 3 aromatic rings. The van der Waals surface area contributed by atoms with Crippen LogP contribution in [0.15, 0.2) is 48.7 Å². The van der Waals surface area contributed by atoms with Gasteiger partial charge in [0.05, 0.1) is 13.2 Å². The zero-order chi connectivity index (χ0) is 14.8.